The molecule has 0 N–H and O–H groups in total. The number of hydrogen-bond acceptors (Lipinski definition) is 12. The Hall–Kier alpha value is -4.31. The van der Waals surface area contributed by atoms with Gasteiger partial charge in [0.1, 0.15) is 0 Å². The van der Waals surface area contributed by atoms with Crippen molar-refractivity contribution in [1.82, 2.24) is 0 Å². The number of carbonyl (C=O) groups excluding carboxylic acids is 8. The number of benzene rings is 1. The zero-order valence-corrected chi connectivity index (χ0v) is 27.7. The molecule has 1 aromatic carbocycles. The zero-order chi connectivity index (χ0) is 35.8. The molecule has 1 aliphatic rings. The summed E-state index contributed by atoms with van der Waals surface area (Å²) in [5.41, 5.74) is 2.65. The summed E-state index contributed by atoms with van der Waals surface area (Å²) in [5, 5.41) is 0.636. The van der Waals surface area contributed by atoms with E-state index in [0.717, 1.165) is 5.56 Å². The van der Waals surface area contributed by atoms with E-state index < -0.39 is 11.9 Å². The second-order valence-electron chi connectivity index (χ2n) is 7.67. The molecule has 2 rings (SSSR count). The normalized spacial score (nSPS) is 14.9. The fraction of sp³-hybridized carbons (Fsp3) is 0.355. The van der Waals surface area contributed by atoms with E-state index in [1.165, 1.54) is 58.3 Å². The Labute approximate surface area is 283 Å². The first-order chi connectivity index (χ1) is 21.2. The van der Waals surface area contributed by atoms with Gasteiger partial charge in [0.15, 0.2) is 0 Å². The van der Waals surface area contributed by atoms with E-state index >= 15 is 0 Å². The summed E-state index contributed by atoms with van der Waals surface area (Å²) in [6.07, 6.45) is 10.2. The Morgan fingerprint density at radius 1 is 0.870 bits per heavy atom. The Morgan fingerprint density at radius 3 is 1.63 bits per heavy atom. The van der Waals surface area contributed by atoms with Crippen LogP contribution in [-0.2, 0) is 52.5 Å². The molecule has 1 aliphatic carbocycles. The maximum Gasteiger partial charge on any atom is 0.373 e. The van der Waals surface area contributed by atoms with Gasteiger partial charge in [0, 0.05) is 22.6 Å². The predicted molar refractivity (Wildman–Crippen MR) is 171 cm³/mol. The standard InChI is InChI=1S/C9H13ClO2.C9H9ClO2.C8H10O4.C2H3Cl.2CO2.CH4/c2*1-6-3-4-7(5-8(6)10)9(11)12-2;1-11-7(9)5-3-4-6-8(10)12-2;1-2-3;2*2-1-3;/h3-4,6-8H,5H2,1-2H3;3-5H,1-2H3;3-6H,1-2H3;2H,1H2;;;1H4/b;;5-3+,6-4+;;;;. The second kappa shape index (κ2) is 35.2. The van der Waals surface area contributed by atoms with Gasteiger partial charge in [0.2, 0.25) is 0 Å². The Morgan fingerprint density at radius 2 is 1.30 bits per heavy atom. The molecule has 0 fully saturated rings. The maximum absolute atomic E-state index is 11.1. The number of ether oxygens (including phenoxy) is 4. The highest BCUT2D eigenvalue weighted by Gasteiger charge is 2.26. The molecule has 46 heavy (non-hydrogen) atoms. The van der Waals surface area contributed by atoms with E-state index in [1.54, 1.807) is 18.2 Å². The highest BCUT2D eigenvalue weighted by atomic mass is 35.5. The number of halogens is 3. The summed E-state index contributed by atoms with van der Waals surface area (Å²) in [5.74, 6) is -1.28. The molecule has 0 radical (unpaired) electrons. The van der Waals surface area contributed by atoms with Gasteiger partial charge in [-0.05, 0) is 42.5 Å². The average Bonchev–Trinajstić information content (AvgIpc) is 3.02. The first kappa shape index (κ1) is 51.3. The number of aryl methyl sites for hydroxylation is 1. The van der Waals surface area contributed by atoms with Crippen molar-refractivity contribution in [2.24, 2.45) is 11.8 Å². The molecule has 12 nitrogen and oxygen atoms in total. The van der Waals surface area contributed by atoms with Crippen LogP contribution in [0.25, 0.3) is 0 Å². The van der Waals surface area contributed by atoms with Crippen molar-refractivity contribution >= 4 is 71.0 Å². The minimum atomic E-state index is -0.468. The molecular weight excluding hydrogens is 671 g/mol. The third kappa shape index (κ3) is 29.7. The second-order valence-corrected chi connectivity index (χ2v) is 8.94. The topological polar surface area (TPSA) is 173 Å². The quantitative estimate of drug-likeness (QED) is 0.0913. The van der Waals surface area contributed by atoms with Crippen LogP contribution in [0, 0.1) is 18.8 Å². The van der Waals surface area contributed by atoms with Crippen molar-refractivity contribution in [3.05, 3.63) is 82.9 Å². The van der Waals surface area contributed by atoms with Gasteiger partial charge in [-0.3, -0.25) is 4.79 Å². The molecule has 0 amide bonds. The molecule has 1 aromatic rings. The fourth-order valence-corrected chi connectivity index (χ4v) is 2.99. The Balaban J connectivity index is -0.000000160. The predicted octanol–water partition coefficient (Wildman–Crippen LogP) is 5.70. The molecule has 0 heterocycles. The van der Waals surface area contributed by atoms with Crippen molar-refractivity contribution in [3.8, 4) is 0 Å². The van der Waals surface area contributed by atoms with Gasteiger partial charge in [-0.1, -0.05) is 74.5 Å². The maximum atomic E-state index is 11.1. The lowest BCUT2D eigenvalue weighted by Crippen LogP contribution is -2.25. The molecule has 0 saturated heterocycles. The number of allylic oxidation sites excluding steroid dienone is 3. The minimum absolute atomic E-state index is 0. The molecule has 0 aliphatic heterocycles. The summed E-state index contributed by atoms with van der Waals surface area (Å²) < 4.78 is 17.8. The summed E-state index contributed by atoms with van der Waals surface area (Å²) in [4.78, 5) is 75.5. The molecular formula is C31H39Cl3O12. The molecule has 0 bridgehead atoms. The van der Waals surface area contributed by atoms with E-state index in [4.69, 9.17) is 54.0 Å². The van der Waals surface area contributed by atoms with Crippen LogP contribution >= 0.6 is 34.8 Å². The number of hydrogen-bond donors (Lipinski definition) is 0. The monoisotopic (exact) mass is 708 g/mol. The van der Waals surface area contributed by atoms with Gasteiger partial charge >= 0.3 is 36.2 Å². The van der Waals surface area contributed by atoms with Crippen molar-refractivity contribution in [2.45, 2.75) is 33.1 Å². The largest absolute Gasteiger partial charge is 0.469 e. The van der Waals surface area contributed by atoms with E-state index in [1.807, 2.05) is 26.0 Å². The van der Waals surface area contributed by atoms with Crippen LogP contribution in [0.15, 0.2) is 66.8 Å². The highest BCUT2D eigenvalue weighted by molar-refractivity contribution is 6.31. The summed E-state index contributed by atoms with van der Waals surface area (Å²) >= 11 is 16.6. The van der Waals surface area contributed by atoms with E-state index in [9.17, 15) is 19.2 Å². The third-order valence-electron chi connectivity index (χ3n) is 4.77. The van der Waals surface area contributed by atoms with Crippen LogP contribution in [0.1, 0.15) is 36.7 Å². The van der Waals surface area contributed by atoms with E-state index in [-0.39, 0.29) is 43.0 Å². The Kier molecular flexibility index (Phi) is 39.2. The number of esters is 4. The van der Waals surface area contributed by atoms with Crippen LogP contribution < -0.4 is 0 Å². The van der Waals surface area contributed by atoms with Crippen molar-refractivity contribution in [1.29, 1.82) is 0 Å². The van der Waals surface area contributed by atoms with E-state index in [0.29, 0.717) is 22.9 Å². The van der Waals surface area contributed by atoms with E-state index in [2.05, 4.69) is 25.5 Å². The number of methoxy groups -OCH3 is 4. The zero-order valence-electron chi connectivity index (χ0n) is 25.5. The van der Waals surface area contributed by atoms with Crippen LogP contribution in [-0.4, -0.2) is 70.0 Å². The molecule has 3 atom stereocenters. The van der Waals surface area contributed by atoms with Gasteiger partial charge in [0.05, 0.1) is 39.9 Å². The highest BCUT2D eigenvalue weighted by Crippen LogP contribution is 2.27. The molecule has 0 spiro atoms. The smallest absolute Gasteiger partial charge is 0.373 e. The van der Waals surface area contributed by atoms with Crippen molar-refractivity contribution in [2.75, 3.05) is 28.4 Å². The lowest BCUT2D eigenvalue weighted by atomic mass is 9.89. The van der Waals surface area contributed by atoms with Gasteiger partial charge in [-0.25, -0.2) is 14.4 Å². The first-order valence-electron chi connectivity index (χ1n) is 12.2. The van der Waals surface area contributed by atoms with Crippen molar-refractivity contribution in [3.63, 3.8) is 0 Å². The number of rotatable bonds is 5. The summed E-state index contributed by atoms with van der Waals surface area (Å²) in [6.45, 7) is 7.05. The molecule has 0 saturated carbocycles. The fourth-order valence-electron chi connectivity index (χ4n) is 2.53. The number of carbonyl (C=O) groups is 4. The molecule has 15 heteroatoms. The first-order valence-corrected chi connectivity index (χ1v) is 13.4. The SMILES string of the molecule is C.C=CCl.COC(=O)/C=C/C=C/C(=O)OC.COC(=O)C1C=CC(C)C(Cl)C1.COC(=O)c1ccc(C)c(Cl)c1.O=C=O.O=C=O. The molecule has 256 valence electrons. The lowest BCUT2D eigenvalue weighted by molar-refractivity contribution is -0.193. The molecule has 3 unspecified atom stereocenters. The summed E-state index contributed by atoms with van der Waals surface area (Å²) in [7, 11) is 5.29. The van der Waals surface area contributed by atoms with Crippen LogP contribution in [0.5, 0.6) is 0 Å². The average molecular weight is 710 g/mol. The van der Waals surface area contributed by atoms with Gasteiger partial charge in [-0.2, -0.15) is 19.2 Å². The van der Waals surface area contributed by atoms with Gasteiger partial charge in [0.25, 0.3) is 0 Å². The van der Waals surface area contributed by atoms with Gasteiger partial charge in [-0.15, -0.1) is 11.6 Å². The molecule has 0 aromatic heterocycles. The summed E-state index contributed by atoms with van der Waals surface area (Å²) in [6, 6.07) is 5.07. The number of alkyl halides is 1. The minimum Gasteiger partial charge on any atom is -0.469 e. The Bertz CT molecular complexity index is 1160. The van der Waals surface area contributed by atoms with Crippen LogP contribution in [0.3, 0.4) is 0 Å². The van der Waals surface area contributed by atoms with Crippen LogP contribution in [0.4, 0.5) is 0 Å². The third-order valence-corrected chi connectivity index (χ3v) is 5.75. The lowest BCUT2D eigenvalue weighted by Gasteiger charge is -2.23. The van der Waals surface area contributed by atoms with Crippen molar-refractivity contribution < 1.29 is 57.3 Å². The van der Waals surface area contributed by atoms with Crippen LogP contribution in [0.2, 0.25) is 5.02 Å². The van der Waals surface area contributed by atoms with Gasteiger partial charge < -0.3 is 18.9 Å².